The molecule has 3 aromatic carbocycles. The molecule has 31 heavy (non-hydrogen) atoms. The highest BCUT2D eigenvalue weighted by Crippen LogP contribution is 2.31. The Labute approximate surface area is 186 Å². The molecule has 0 bridgehead atoms. The molecule has 0 saturated carbocycles. The maximum atomic E-state index is 12.6. The maximum absolute atomic E-state index is 12.6. The average Bonchev–Trinajstić information content (AvgIpc) is 3.28. The molecule has 0 radical (unpaired) electrons. The number of fused-ring (bicyclic) bond motifs is 1. The van der Waals surface area contributed by atoms with Gasteiger partial charge in [-0.25, -0.2) is 4.98 Å². The van der Waals surface area contributed by atoms with Gasteiger partial charge in [0.25, 0.3) is 5.91 Å². The quantitative estimate of drug-likeness (QED) is 0.450. The van der Waals surface area contributed by atoms with E-state index in [0.29, 0.717) is 11.5 Å². The van der Waals surface area contributed by atoms with Crippen LogP contribution in [0.15, 0.2) is 78.9 Å². The summed E-state index contributed by atoms with van der Waals surface area (Å²) >= 11 is 1.77. The van der Waals surface area contributed by atoms with Gasteiger partial charge in [-0.05, 0) is 54.2 Å². The van der Waals surface area contributed by atoms with Crippen molar-refractivity contribution in [3.05, 3.63) is 84.4 Å². The number of hydrogen-bond donors (Lipinski definition) is 1. The molecule has 0 spiro atoms. The monoisotopic (exact) mass is 427 g/mol. The maximum Gasteiger partial charge on any atom is 0.251 e. The standard InChI is InChI=1S/C26H25N3OS/c30-25(22-12-10-21(11-13-22)20-6-2-1-3-7-20)27-18-19-14-16-29(17-15-19)26-28-23-8-4-5-9-24(23)31-26/h1-13,19H,14-18H2,(H,27,30). The fourth-order valence-electron chi connectivity index (χ4n) is 4.11. The first-order chi connectivity index (χ1) is 15.3. The number of para-hydroxylation sites is 1. The number of nitrogens with zero attached hydrogens (tertiary/aromatic N) is 2. The molecule has 1 aliphatic heterocycles. The van der Waals surface area contributed by atoms with Crippen molar-refractivity contribution in [2.24, 2.45) is 5.92 Å². The number of thiazole rings is 1. The third-order valence-electron chi connectivity index (χ3n) is 5.97. The van der Waals surface area contributed by atoms with Gasteiger partial charge in [-0.2, -0.15) is 0 Å². The molecule has 4 aromatic rings. The Balaban J connectivity index is 1.13. The van der Waals surface area contributed by atoms with E-state index in [2.05, 4.69) is 40.5 Å². The number of rotatable bonds is 5. The van der Waals surface area contributed by atoms with Crippen LogP contribution in [0.5, 0.6) is 0 Å². The fraction of sp³-hybridized carbons (Fsp3) is 0.231. The second-order valence-corrected chi connectivity index (χ2v) is 9.06. The van der Waals surface area contributed by atoms with Crippen LogP contribution < -0.4 is 10.2 Å². The van der Waals surface area contributed by atoms with Gasteiger partial charge in [-0.1, -0.05) is 65.9 Å². The number of piperidine rings is 1. The Morgan fingerprint density at radius 3 is 2.32 bits per heavy atom. The zero-order valence-electron chi connectivity index (χ0n) is 17.3. The minimum absolute atomic E-state index is 0.00761. The van der Waals surface area contributed by atoms with E-state index in [1.54, 1.807) is 11.3 Å². The first-order valence-corrected chi connectivity index (χ1v) is 11.6. The van der Waals surface area contributed by atoms with Crippen molar-refractivity contribution in [1.82, 2.24) is 10.3 Å². The van der Waals surface area contributed by atoms with Gasteiger partial charge < -0.3 is 10.2 Å². The van der Waals surface area contributed by atoms with E-state index in [-0.39, 0.29) is 5.91 Å². The zero-order valence-corrected chi connectivity index (χ0v) is 18.1. The second kappa shape index (κ2) is 8.90. The Morgan fingerprint density at radius 2 is 1.58 bits per heavy atom. The van der Waals surface area contributed by atoms with Crippen LogP contribution in [0.2, 0.25) is 0 Å². The zero-order chi connectivity index (χ0) is 21.0. The SMILES string of the molecule is O=C(NCC1CCN(c2nc3ccccc3s2)CC1)c1ccc(-c2ccccc2)cc1. The molecule has 0 aliphatic carbocycles. The molecule has 5 heteroatoms. The van der Waals surface area contributed by atoms with Gasteiger partial charge in [0.2, 0.25) is 0 Å². The predicted molar refractivity (Wildman–Crippen MR) is 129 cm³/mol. The number of nitrogens with one attached hydrogen (secondary N) is 1. The largest absolute Gasteiger partial charge is 0.352 e. The summed E-state index contributed by atoms with van der Waals surface area (Å²) in [4.78, 5) is 19.7. The number of benzene rings is 3. The van der Waals surface area contributed by atoms with Crippen LogP contribution in [0.4, 0.5) is 5.13 Å². The summed E-state index contributed by atoms with van der Waals surface area (Å²) in [6.07, 6.45) is 2.15. The molecule has 1 N–H and O–H groups in total. The summed E-state index contributed by atoms with van der Waals surface area (Å²) in [6, 6.07) is 26.4. The van der Waals surface area contributed by atoms with Crippen LogP contribution in [-0.2, 0) is 0 Å². The highest BCUT2D eigenvalue weighted by atomic mass is 32.1. The lowest BCUT2D eigenvalue weighted by Crippen LogP contribution is -2.38. The first-order valence-electron chi connectivity index (χ1n) is 10.8. The van der Waals surface area contributed by atoms with Crippen molar-refractivity contribution < 1.29 is 4.79 Å². The predicted octanol–water partition coefficient (Wildman–Crippen LogP) is 5.61. The second-order valence-electron chi connectivity index (χ2n) is 8.05. The highest BCUT2D eigenvalue weighted by molar-refractivity contribution is 7.22. The van der Waals surface area contributed by atoms with Crippen molar-refractivity contribution in [3.63, 3.8) is 0 Å². The van der Waals surface area contributed by atoms with Crippen LogP contribution in [0.3, 0.4) is 0 Å². The third-order valence-corrected chi connectivity index (χ3v) is 7.07. The van der Waals surface area contributed by atoms with Crippen molar-refractivity contribution in [2.75, 3.05) is 24.5 Å². The van der Waals surface area contributed by atoms with Gasteiger partial charge in [0.15, 0.2) is 5.13 Å². The molecule has 5 rings (SSSR count). The minimum atomic E-state index is 0.00761. The summed E-state index contributed by atoms with van der Waals surface area (Å²) in [5.74, 6) is 0.520. The van der Waals surface area contributed by atoms with Gasteiger partial charge in [0, 0.05) is 25.2 Å². The molecule has 1 saturated heterocycles. The molecular formula is C26H25N3OS. The number of anilines is 1. The van der Waals surface area contributed by atoms with Gasteiger partial charge >= 0.3 is 0 Å². The van der Waals surface area contributed by atoms with Crippen LogP contribution in [0.25, 0.3) is 21.3 Å². The Kier molecular flexibility index (Phi) is 5.67. The van der Waals surface area contributed by atoms with Gasteiger partial charge in [0.1, 0.15) is 0 Å². The Hall–Kier alpha value is -3.18. The van der Waals surface area contributed by atoms with Gasteiger partial charge in [-0.3, -0.25) is 4.79 Å². The first kappa shape index (κ1) is 19.8. The van der Waals surface area contributed by atoms with Gasteiger partial charge in [-0.15, -0.1) is 0 Å². The molecule has 1 fully saturated rings. The van der Waals surface area contributed by atoms with E-state index in [0.717, 1.165) is 54.3 Å². The number of hydrogen-bond acceptors (Lipinski definition) is 4. The number of carbonyl (C=O) groups excluding carboxylic acids is 1. The highest BCUT2D eigenvalue weighted by Gasteiger charge is 2.22. The fourth-order valence-corrected chi connectivity index (χ4v) is 5.12. The van der Waals surface area contributed by atoms with Crippen molar-refractivity contribution >= 4 is 32.6 Å². The molecule has 4 nitrogen and oxygen atoms in total. The molecule has 0 unspecified atom stereocenters. The molecular weight excluding hydrogens is 402 g/mol. The van der Waals surface area contributed by atoms with E-state index in [4.69, 9.17) is 4.98 Å². The smallest absolute Gasteiger partial charge is 0.251 e. The Bertz CT molecular complexity index is 1130. The molecule has 1 aliphatic rings. The molecule has 1 aromatic heterocycles. The normalized spacial score (nSPS) is 14.6. The summed E-state index contributed by atoms with van der Waals surface area (Å²) in [5, 5.41) is 4.25. The summed E-state index contributed by atoms with van der Waals surface area (Å²) < 4.78 is 1.24. The summed E-state index contributed by atoms with van der Waals surface area (Å²) in [7, 11) is 0. The van der Waals surface area contributed by atoms with Crippen LogP contribution in [0.1, 0.15) is 23.2 Å². The van der Waals surface area contributed by atoms with Crippen molar-refractivity contribution in [1.29, 1.82) is 0 Å². The topological polar surface area (TPSA) is 45.2 Å². The van der Waals surface area contributed by atoms with Crippen molar-refractivity contribution in [3.8, 4) is 11.1 Å². The van der Waals surface area contributed by atoms with E-state index in [1.165, 1.54) is 4.70 Å². The third kappa shape index (κ3) is 4.47. The number of aromatic nitrogens is 1. The lowest BCUT2D eigenvalue weighted by molar-refractivity contribution is 0.0945. The van der Waals surface area contributed by atoms with Crippen molar-refractivity contribution in [2.45, 2.75) is 12.8 Å². The molecule has 2 heterocycles. The molecule has 156 valence electrons. The molecule has 1 amide bonds. The number of amides is 1. The molecule has 0 atom stereocenters. The van der Waals surface area contributed by atoms with Crippen LogP contribution >= 0.6 is 11.3 Å². The lowest BCUT2D eigenvalue weighted by atomic mass is 9.97. The van der Waals surface area contributed by atoms with E-state index >= 15 is 0 Å². The van der Waals surface area contributed by atoms with Crippen LogP contribution in [0, 0.1) is 5.92 Å². The summed E-state index contributed by atoms with van der Waals surface area (Å²) in [5.41, 5.74) is 4.08. The van der Waals surface area contributed by atoms with Gasteiger partial charge in [0.05, 0.1) is 10.2 Å². The van der Waals surface area contributed by atoms with E-state index < -0.39 is 0 Å². The summed E-state index contributed by atoms with van der Waals surface area (Å²) in [6.45, 7) is 2.71. The van der Waals surface area contributed by atoms with Crippen LogP contribution in [-0.4, -0.2) is 30.5 Å². The van der Waals surface area contributed by atoms with E-state index in [9.17, 15) is 4.79 Å². The Morgan fingerprint density at radius 1 is 0.903 bits per heavy atom. The minimum Gasteiger partial charge on any atom is -0.352 e. The number of carbonyl (C=O) groups is 1. The van der Waals surface area contributed by atoms with E-state index in [1.807, 2.05) is 48.5 Å². The lowest BCUT2D eigenvalue weighted by Gasteiger charge is -2.31. The average molecular weight is 428 g/mol.